The largest absolute Gasteiger partial charge is 0.484 e. The van der Waals surface area contributed by atoms with E-state index in [4.69, 9.17) is 21.1 Å². The molecule has 1 aromatic carbocycles. The number of hydrazine groups is 1. The van der Waals surface area contributed by atoms with Crippen LogP contribution in [-0.4, -0.2) is 59.9 Å². The molecule has 11 nitrogen and oxygen atoms in total. The van der Waals surface area contributed by atoms with Crippen LogP contribution in [0.5, 0.6) is 5.75 Å². The molecule has 1 saturated carbocycles. The van der Waals surface area contributed by atoms with Crippen LogP contribution in [0.3, 0.4) is 0 Å². The number of ether oxygens (including phenoxy) is 2. The number of benzene rings is 1. The number of rotatable bonds is 7. The van der Waals surface area contributed by atoms with Crippen LogP contribution in [0.25, 0.3) is 0 Å². The summed E-state index contributed by atoms with van der Waals surface area (Å²) in [7, 11) is 0. The van der Waals surface area contributed by atoms with E-state index in [2.05, 4.69) is 16.2 Å². The highest BCUT2D eigenvalue weighted by Crippen LogP contribution is 2.46. The van der Waals surface area contributed by atoms with E-state index in [9.17, 15) is 24.0 Å². The molecule has 5 amide bonds. The molecule has 0 aromatic heterocycles. The van der Waals surface area contributed by atoms with Gasteiger partial charge in [-0.15, -0.1) is 0 Å². The Morgan fingerprint density at radius 2 is 1.71 bits per heavy atom. The predicted molar refractivity (Wildman–Crippen MR) is 124 cm³/mol. The van der Waals surface area contributed by atoms with Gasteiger partial charge in [0, 0.05) is 5.02 Å². The third kappa shape index (κ3) is 6.84. The monoisotopic (exact) mass is 508 g/mol. The molecular formula is C23H29ClN4O7. The minimum absolute atomic E-state index is 0.139. The summed E-state index contributed by atoms with van der Waals surface area (Å²) >= 11 is 5.76. The first-order valence-electron chi connectivity index (χ1n) is 11.1. The molecule has 1 spiro atoms. The molecule has 12 heteroatoms. The Morgan fingerprint density at radius 1 is 1.09 bits per heavy atom. The van der Waals surface area contributed by atoms with Gasteiger partial charge in [0.1, 0.15) is 17.8 Å². The summed E-state index contributed by atoms with van der Waals surface area (Å²) in [5, 5.41) is 3.29. The maximum absolute atomic E-state index is 13.0. The fraction of sp³-hybridized carbons (Fsp3) is 0.522. The molecule has 1 saturated heterocycles. The van der Waals surface area contributed by atoms with Crippen LogP contribution in [0.15, 0.2) is 24.3 Å². The van der Waals surface area contributed by atoms with E-state index in [-0.39, 0.29) is 17.9 Å². The highest BCUT2D eigenvalue weighted by molar-refractivity contribution is 6.30. The minimum Gasteiger partial charge on any atom is -0.484 e. The summed E-state index contributed by atoms with van der Waals surface area (Å²) in [5.41, 5.74) is 3.02. The Hall–Kier alpha value is -3.34. The number of carbonyl (C=O) groups is 5. The molecule has 1 aromatic rings. The third-order valence-electron chi connectivity index (χ3n) is 5.80. The summed E-state index contributed by atoms with van der Waals surface area (Å²) < 4.78 is 10.1. The smallest absolute Gasteiger partial charge is 0.326 e. The Balaban J connectivity index is 1.40. The van der Waals surface area contributed by atoms with Gasteiger partial charge in [0.15, 0.2) is 13.2 Å². The number of hydrogen-bond donors (Lipinski definition) is 3. The molecular weight excluding hydrogens is 480 g/mol. The van der Waals surface area contributed by atoms with Crippen LogP contribution >= 0.6 is 11.6 Å². The molecule has 0 radical (unpaired) electrons. The average molecular weight is 509 g/mol. The molecule has 0 unspecified atom stereocenters. The Bertz CT molecular complexity index is 1010. The molecule has 3 rings (SSSR count). The summed E-state index contributed by atoms with van der Waals surface area (Å²) in [6.45, 7) is 4.42. The van der Waals surface area contributed by atoms with Gasteiger partial charge >= 0.3 is 12.0 Å². The third-order valence-corrected chi connectivity index (χ3v) is 6.05. The Morgan fingerprint density at radius 3 is 2.34 bits per heavy atom. The number of urea groups is 1. The normalized spacial score (nSPS) is 23.0. The van der Waals surface area contributed by atoms with Crippen LogP contribution in [0, 0.1) is 11.3 Å². The van der Waals surface area contributed by atoms with E-state index in [1.165, 1.54) is 0 Å². The number of carbonyl (C=O) groups excluding carboxylic acids is 5. The van der Waals surface area contributed by atoms with Crippen LogP contribution in [0.2, 0.25) is 5.02 Å². The Labute approximate surface area is 207 Å². The van der Waals surface area contributed by atoms with Gasteiger partial charge in [-0.1, -0.05) is 32.4 Å². The number of imide groups is 1. The van der Waals surface area contributed by atoms with E-state index in [1.807, 2.05) is 20.8 Å². The average Bonchev–Trinajstić information content (AvgIpc) is 2.97. The number of nitrogens with one attached hydrogen (secondary N) is 3. The van der Waals surface area contributed by atoms with Crippen molar-refractivity contribution in [3.05, 3.63) is 29.3 Å². The molecule has 3 N–H and O–H groups in total. The lowest BCUT2D eigenvalue weighted by atomic mass is 9.64. The van der Waals surface area contributed by atoms with E-state index < -0.39 is 48.4 Å². The second-order valence-electron chi connectivity index (χ2n) is 9.76. The number of nitrogens with zero attached hydrogens (tertiary/aromatic N) is 1. The van der Waals surface area contributed by atoms with Gasteiger partial charge < -0.3 is 14.8 Å². The van der Waals surface area contributed by atoms with Gasteiger partial charge in [-0.3, -0.25) is 34.9 Å². The van der Waals surface area contributed by atoms with Crippen molar-refractivity contribution in [1.29, 1.82) is 0 Å². The first-order valence-corrected chi connectivity index (χ1v) is 11.5. The highest BCUT2D eigenvalue weighted by Gasteiger charge is 2.56. The zero-order valence-corrected chi connectivity index (χ0v) is 20.6. The highest BCUT2D eigenvalue weighted by atomic mass is 35.5. The lowest BCUT2D eigenvalue weighted by Gasteiger charge is -2.43. The minimum atomic E-state index is -1.03. The summed E-state index contributed by atoms with van der Waals surface area (Å²) in [6.07, 6.45) is 1.90. The quantitative estimate of drug-likeness (QED) is 0.288. The van der Waals surface area contributed by atoms with Crippen molar-refractivity contribution in [2.75, 3.05) is 19.8 Å². The van der Waals surface area contributed by atoms with Crippen molar-refractivity contribution < 1.29 is 33.4 Å². The van der Waals surface area contributed by atoms with Gasteiger partial charge in [0.2, 0.25) is 0 Å². The van der Waals surface area contributed by atoms with E-state index in [0.29, 0.717) is 23.6 Å². The maximum atomic E-state index is 13.0. The molecule has 1 heterocycles. The molecule has 2 aliphatic rings. The number of hydrogen-bond acceptors (Lipinski definition) is 7. The van der Waals surface area contributed by atoms with Gasteiger partial charge in [-0.25, -0.2) is 4.79 Å². The second-order valence-corrected chi connectivity index (χ2v) is 10.2. The molecule has 1 aliphatic heterocycles. The molecule has 0 bridgehead atoms. The number of esters is 1. The van der Waals surface area contributed by atoms with Crippen LogP contribution < -0.4 is 20.9 Å². The standard InChI is InChI=1S/C23H29ClN4O7/c1-14-8-22(2,3)13-23(9-14)20(32)28(21(33)25-23)10-19(31)35-12-18(30)27-26-17(29)11-34-16-6-4-15(24)5-7-16/h4-7,14H,8-13H2,1-3H3,(H,25,33)(H,26,29)(H,27,30)/t14-,23-/m0/s1. The topological polar surface area (TPSA) is 143 Å². The van der Waals surface area contributed by atoms with Crippen molar-refractivity contribution >= 4 is 41.3 Å². The fourth-order valence-corrected chi connectivity index (χ4v) is 4.99. The molecule has 190 valence electrons. The summed E-state index contributed by atoms with van der Waals surface area (Å²) in [5.74, 6) is -2.20. The zero-order chi connectivity index (χ0) is 25.8. The van der Waals surface area contributed by atoms with E-state index in [0.717, 1.165) is 11.3 Å². The van der Waals surface area contributed by atoms with Crippen molar-refractivity contribution in [2.24, 2.45) is 11.3 Å². The number of amides is 5. The van der Waals surface area contributed by atoms with Crippen molar-refractivity contribution in [2.45, 2.75) is 45.6 Å². The summed E-state index contributed by atoms with van der Waals surface area (Å²) in [4.78, 5) is 62.1. The van der Waals surface area contributed by atoms with Gasteiger partial charge in [-0.05, 0) is 54.9 Å². The van der Waals surface area contributed by atoms with Gasteiger partial charge in [-0.2, -0.15) is 0 Å². The van der Waals surface area contributed by atoms with Crippen LogP contribution in [-0.2, 0) is 23.9 Å². The van der Waals surface area contributed by atoms with E-state index >= 15 is 0 Å². The van der Waals surface area contributed by atoms with Crippen molar-refractivity contribution in [3.8, 4) is 5.75 Å². The SMILES string of the molecule is C[C@H]1CC(C)(C)C[C@]2(C1)NC(=O)N(CC(=O)OCC(=O)NNC(=O)COc1ccc(Cl)cc1)C2=O. The van der Waals surface area contributed by atoms with E-state index in [1.54, 1.807) is 24.3 Å². The van der Waals surface area contributed by atoms with Crippen LogP contribution in [0.4, 0.5) is 4.79 Å². The van der Waals surface area contributed by atoms with Crippen molar-refractivity contribution in [1.82, 2.24) is 21.1 Å². The first-order chi connectivity index (χ1) is 16.4. The van der Waals surface area contributed by atoms with Crippen LogP contribution in [0.1, 0.15) is 40.0 Å². The maximum Gasteiger partial charge on any atom is 0.326 e. The van der Waals surface area contributed by atoms with Gasteiger partial charge in [0.05, 0.1) is 0 Å². The second kappa shape index (κ2) is 10.5. The fourth-order valence-electron chi connectivity index (χ4n) is 4.86. The molecule has 35 heavy (non-hydrogen) atoms. The molecule has 2 fully saturated rings. The summed E-state index contributed by atoms with van der Waals surface area (Å²) in [6, 6.07) is 5.70. The predicted octanol–water partition coefficient (Wildman–Crippen LogP) is 1.55. The number of halogens is 1. The molecule has 2 atom stereocenters. The van der Waals surface area contributed by atoms with Crippen molar-refractivity contribution in [3.63, 3.8) is 0 Å². The Kier molecular flexibility index (Phi) is 7.89. The lowest BCUT2D eigenvalue weighted by Crippen LogP contribution is -2.54. The van der Waals surface area contributed by atoms with Gasteiger partial charge in [0.25, 0.3) is 17.7 Å². The molecule has 1 aliphatic carbocycles. The lowest BCUT2D eigenvalue weighted by molar-refractivity contribution is -0.152. The first kappa shape index (κ1) is 26.3. The zero-order valence-electron chi connectivity index (χ0n) is 19.8.